The second-order valence-corrected chi connectivity index (χ2v) is 6.65. The highest BCUT2D eigenvalue weighted by molar-refractivity contribution is 7.98. The Bertz CT molecular complexity index is 772. The van der Waals surface area contributed by atoms with Crippen LogP contribution in [0.2, 0.25) is 0 Å². The maximum atomic E-state index is 12.1. The van der Waals surface area contributed by atoms with Gasteiger partial charge in [-0.25, -0.2) is 4.68 Å². The van der Waals surface area contributed by atoms with Gasteiger partial charge in [0.25, 0.3) is 0 Å². The number of thioether (sulfide) groups is 1. The van der Waals surface area contributed by atoms with E-state index in [1.807, 2.05) is 17.5 Å². The van der Waals surface area contributed by atoms with Gasteiger partial charge in [-0.15, -0.1) is 29.6 Å². The molecule has 24 heavy (non-hydrogen) atoms. The largest absolute Gasteiger partial charge is 0.573 e. The Morgan fingerprint density at radius 2 is 1.96 bits per heavy atom. The van der Waals surface area contributed by atoms with Crippen LogP contribution in [0.3, 0.4) is 0 Å². The van der Waals surface area contributed by atoms with Crippen LogP contribution in [0.15, 0.2) is 46.9 Å². The highest BCUT2D eigenvalue weighted by Crippen LogP contribution is 2.25. The first-order valence-corrected chi connectivity index (χ1v) is 8.62. The van der Waals surface area contributed by atoms with Crippen molar-refractivity contribution in [1.29, 1.82) is 0 Å². The number of hydrogen-bond donors (Lipinski definition) is 0. The Balaban J connectivity index is 1.59. The first kappa shape index (κ1) is 16.8. The van der Waals surface area contributed by atoms with Crippen molar-refractivity contribution >= 4 is 23.1 Å². The third-order valence-electron chi connectivity index (χ3n) is 2.91. The molecule has 2 heterocycles. The molecule has 126 valence electrons. The number of rotatable bonds is 6. The smallest absolute Gasteiger partial charge is 0.406 e. The molecular formula is C14H11F3N4OS2. The highest BCUT2D eigenvalue weighted by atomic mass is 32.2. The van der Waals surface area contributed by atoms with Gasteiger partial charge < -0.3 is 4.74 Å². The summed E-state index contributed by atoms with van der Waals surface area (Å²) in [4.78, 5) is 1.14. The standard InChI is InChI=1S/C14H11F3N4OS2/c15-14(16,17)22-11-5-3-10(4-6-11)9-24-13-18-19-20-21(13)8-12-2-1-7-23-12/h1-7H,8-9H2. The molecule has 0 amide bonds. The number of hydrogen-bond acceptors (Lipinski definition) is 6. The molecule has 0 bridgehead atoms. The van der Waals surface area contributed by atoms with Crippen molar-refractivity contribution in [3.63, 3.8) is 0 Å². The van der Waals surface area contributed by atoms with Crippen molar-refractivity contribution in [2.45, 2.75) is 23.8 Å². The molecule has 0 saturated heterocycles. The minimum atomic E-state index is -4.68. The summed E-state index contributed by atoms with van der Waals surface area (Å²) >= 11 is 3.04. The minimum absolute atomic E-state index is 0.237. The molecule has 0 N–H and O–H groups in total. The number of alkyl halides is 3. The lowest BCUT2D eigenvalue weighted by molar-refractivity contribution is -0.274. The fraction of sp³-hybridized carbons (Fsp3) is 0.214. The normalized spacial score (nSPS) is 11.6. The van der Waals surface area contributed by atoms with Gasteiger partial charge in [-0.3, -0.25) is 0 Å². The van der Waals surface area contributed by atoms with Crippen molar-refractivity contribution in [2.24, 2.45) is 0 Å². The van der Waals surface area contributed by atoms with Crippen molar-refractivity contribution in [3.8, 4) is 5.75 Å². The first-order chi connectivity index (χ1) is 11.5. The summed E-state index contributed by atoms with van der Waals surface area (Å²) < 4.78 is 41.9. The molecule has 0 aliphatic rings. The molecule has 10 heteroatoms. The SMILES string of the molecule is FC(F)(F)Oc1ccc(CSc2nnnn2Cc2cccs2)cc1. The molecule has 0 atom stereocenters. The van der Waals surface area contributed by atoms with E-state index in [0.717, 1.165) is 10.4 Å². The van der Waals surface area contributed by atoms with Gasteiger partial charge in [0.1, 0.15) is 5.75 Å². The van der Waals surface area contributed by atoms with Gasteiger partial charge in [0.15, 0.2) is 0 Å². The maximum Gasteiger partial charge on any atom is 0.573 e. The average molecular weight is 372 g/mol. The second-order valence-electron chi connectivity index (χ2n) is 4.68. The molecule has 0 saturated carbocycles. The van der Waals surface area contributed by atoms with Gasteiger partial charge in [0.05, 0.1) is 6.54 Å². The molecular weight excluding hydrogens is 361 g/mol. The fourth-order valence-electron chi connectivity index (χ4n) is 1.88. The topological polar surface area (TPSA) is 52.8 Å². The van der Waals surface area contributed by atoms with E-state index in [0.29, 0.717) is 17.5 Å². The molecule has 3 aromatic rings. The van der Waals surface area contributed by atoms with Crippen LogP contribution in [-0.4, -0.2) is 26.6 Å². The lowest BCUT2D eigenvalue weighted by Gasteiger charge is -2.09. The van der Waals surface area contributed by atoms with Crippen molar-refractivity contribution < 1.29 is 17.9 Å². The summed E-state index contributed by atoms with van der Waals surface area (Å²) in [7, 11) is 0. The van der Waals surface area contributed by atoms with Crippen LogP contribution in [0, 0.1) is 0 Å². The number of thiophene rings is 1. The highest BCUT2D eigenvalue weighted by Gasteiger charge is 2.30. The average Bonchev–Trinajstić information content (AvgIpc) is 3.17. The van der Waals surface area contributed by atoms with E-state index in [-0.39, 0.29) is 5.75 Å². The van der Waals surface area contributed by atoms with Crippen LogP contribution in [0.5, 0.6) is 5.75 Å². The molecule has 1 aromatic carbocycles. The van der Waals surface area contributed by atoms with Crippen molar-refractivity contribution in [1.82, 2.24) is 20.2 Å². The Labute approximate surface area is 143 Å². The van der Waals surface area contributed by atoms with E-state index in [9.17, 15) is 13.2 Å². The van der Waals surface area contributed by atoms with Crippen LogP contribution in [0.1, 0.15) is 10.4 Å². The zero-order valence-electron chi connectivity index (χ0n) is 12.1. The van der Waals surface area contributed by atoms with Gasteiger partial charge in [-0.1, -0.05) is 30.0 Å². The van der Waals surface area contributed by atoms with Crippen LogP contribution < -0.4 is 4.74 Å². The third kappa shape index (κ3) is 4.71. The van der Waals surface area contributed by atoms with Gasteiger partial charge in [0.2, 0.25) is 5.16 Å². The molecule has 0 spiro atoms. The van der Waals surface area contributed by atoms with Crippen LogP contribution in [0.25, 0.3) is 0 Å². The Hall–Kier alpha value is -2.07. The van der Waals surface area contributed by atoms with Crippen LogP contribution in [-0.2, 0) is 12.3 Å². The van der Waals surface area contributed by atoms with Crippen LogP contribution in [0.4, 0.5) is 13.2 Å². The minimum Gasteiger partial charge on any atom is -0.406 e. The number of ether oxygens (including phenoxy) is 1. The molecule has 0 aliphatic heterocycles. The van der Waals surface area contributed by atoms with E-state index in [4.69, 9.17) is 0 Å². The Morgan fingerprint density at radius 1 is 1.17 bits per heavy atom. The van der Waals surface area contributed by atoms with E-state index >= 15 is 0 Å². The van der Waals surface area contributed by atoms with Crippen LogP contribution >= 0.6 is 23.1 Å². The maximum absolute atomic E-state index is 12.1. The van der Waals surface area contributed by atoms with Gasteiger partial charge in [-0.05, 0) is 39.6 Å². The van der Waals surface area contributed by atoms with Crippen molar-refractivity contribution in [2.75, 3.05) is 0 Å². The van der Waals surface area contributed by atoms with Crippen molar-refractivity contribution in [3.05, 3.63) is 52.2 Å². The summed E-state index contributed by atoms with van der Waals surface area (Å²) in [6.07, 6.45) is -4.68. The zero-order valence-corrected chi connectivity index (χ0v) is 13.7. The second kappa shape index (κ2) is 7.22. The summed E-state index contributed by atoms with van der Waals surface area (Å²) in [5.74, 6) is 0.302. The molecule has 2 aromatic heterocycles. The van der Waals surface area contributed by atoms with Gasteiger partial charge in [-0.2, -0.15) is 0 Å². The Morgan fingerprint density at radius 3 is 2.62 bits per heavy atom. The molecule has 0 unspecified atom stereocenters. The summed E-state index contributed by atoms with van der Waals surface area (Å²) in [5.41, 5.74) is 0.847. The summed E-state index contributed by atoms with van der Waals surface area (Å²) in [6.45, 7) is 0.589. The predicted octanol–water partition coefficient (Wildman–Crippen LogP) is 3.97. The molecule has 0 aliphatic carbocycles. The van der Waals surface area contributed by atoms with E-state index in [1.54, 1.807) is 28.2 Å². The van der Waals surface area contributed by atoms with E-state index < -0.39 is 6.36 Å². The number of halogens is 3. The quantitative estimate of drug-likeness (QED) is 0.613. The fourth-order valence-corrected chi connectivity index (χ4v) is 3.40. The van der Waals surface area contributed by atoms with Gasteiger partial charge in [0, 0.05) is 10.6 Å². The Kier molecular flexibility index (Phi) is 5.05. The summed E-state index contributed by atoms with van der Waals surface area (Å²) in [5, 5.41) is 14.2. The molecule has 0 radical (unpaired) electrons. The lowest BCUT2D eigenvalue weighted by Crippen LogP contribution is -2.16. The number of nitrogens with zero attached hydrogens (tertiary/aromatic N) is 4. The first-order valence-electron chi connectivity index (χ1n) is 6.76. The van der Waals surface area contributed by atoms with E-state index in [1.165, 1.54) is 23.9 Å². The van der Waals surface area contributed by atoms with Gasteiger partial charge >= 0.3 is 6.36 Å². The molecule has 5 nitrogen and oxygen atoms in total. The number of aromatic nitrogens is 4. The zero-order chi connectivity index (χ0) is 17.0. The molecule has 0 fully saturated rings. The van der Waals surface area contributed by atoms with E-state index in [2.05, 4.69) is 20.3 Å². The number of benzene rings is 1. The monoisotopic (exact) mass is 372 g/mol. The molecule has 3 rings (SSSR count). The lowest BCUT2D eigenvalue weighted by atomic mass is 10.2. The predicted molar refractivity (Wildman–Crippen MR) is 83.9 cm³/mol. The third-order valence-corrected chi connectivity index (χ3v) is 4.80. The summed E-state index contributed by atoms with van der Waals surface area (Å²) in [6, 6.07) is 9.71. The number of tetrazole rings is 1.